The SMILES string of the molecule is O=C(OCc1ccccc1)N1[C@@H]2CC[C@H]1[C@H]1COc3nc(Cl)cc4nc(F)nc(c34)N1C2. The third kappa shape index (κ3) is 3.10. The second-order valence-corrected chi connectivity index (χ2v) is 8.62. The van der Waals surface area contributed by atoms with Gasteiger partial charge in [0, 0.05) is 12.6 Å². The van der Waals surface area contributed by atoms with E-state index in [9.17, 15) is 9.18 Å². The Hall–Kier alpha value is -3.20. The normalized spacial score (nSPS) is 23.5. The first-order valence-corrected chi connectivity index (χ1v) is 10.9. The third-order valence-electron chi connectivity index (χ3n) is 6.45. The van der Waals surface area contributed by atoms with Crippen molar-refractivity contribution in [2.75, 3.05) is 18.1 Å². The summed E-state index contributed by atoms with van der Waals surface area (Å²) in [5, 5.41) is 0.710. The van der Waals surface area contributed by atoms with Crippen molar-refractivity contribution in [2.24, 2.45) is 0 Å². The van der Waals surface area contributed by atoms with Crippen molar-refractivity contribution in [3.63, 3.8) is 0 Å². The van der Waals surface area contributed by atoms with E-state index >= 15 is 0 Å². The lowest BCUT2D eigenvalue weighted by Gasteiger charge is -2.45. The van der Waals surface area contributed by atoms with Crippen LogP contribution in [0.1, 0.15) is 18.4 Å². The molecule has 0 N–H and O–H groups in total. The van der Waals surface area contributed by atoms with Crippen LogP contribution in [0.25, 0.3) is 10.9 Å². The van der Waals surface area contributed by atoms with E-state index < -0.39 is 6.08 Å². The van der Waals surface area contributed by atoms with E-state index in [1.165, 1.54) is 6.07 Å². The number of piperazine rings is 1. The fraction of sp³-hybridized carbons (Fsp3) is 0.364. The number of rotatable bonds is 2. The van der Waals surface area contributed by atoms with Gasteiger partial charge in [-0.25, -0.2) is 14.8 Å². The van der Waals surface area contributed by atoms with E-state index in [0.717, 1.165) is 18.4 Å². The molecule has 0 saturated carbocycles. The highest BCUT2D eigenvalue weighted by atomic mass is 35.5. The van der Waals surface area contributed by atoms with Gasteiger partial charge in [0.1, 0.15) is 29.6 Å². The van der Waals surface area contributed by atoms with Crippen LogP contribution in [0.5, 0.6) is 5.88 Å². The summed E-state index contributed by atoms with van der Waals surface area (Å²) in [6.45, 7) is 0.977. The smallest absolute Gasteiger partial charge is 0.410 e. The Balaban J connectivity index is 1.32. The predicted octanol–water partition coefficient (Wildman–Crippen LogP) is 3.57. The largest absolute Gasteiger partial charge is 0.475 e. The van der Waals surface area contributed by atoms with Gasteiger partial charge in [0.25, 0.3) is 0 Å². The summed E-state index contributed by atoms with van der Waals surface area (Å²) in [5.74, 6) is 0.717. The van der Waals surface area contributed by atoms with Crippen molar-refractivity contribution in [2.45, 2.75) is 37.6 Å². The molecule has 3 aromatic rings. The molecule has 5 heterocycles. The number of nitrogens with zero attached hydrogens (tertiary/aromatic N) is 5. The van der Waals surface area contributed by atoms with Gasteiger partial charge in [-0.2, -0.15) is 9.37 Å². The minimum absolute atomic E-state index is 0.0607. The molecule has 10 heteroatoms. The van der Waals surface area contributed by atoms with Crippen LogP contribution in [0.4, 0.5) is 15.0 Å². The molecule has 6 rings (SSSR count). The lowest BCUT2D eigenvalue weighted by atomic mass is 10.0. The molecule has 0 radical (unpaired) electrons. The summed E-state index contributed by atoms with van der Waals surface area (Å²) >= 11 is 6.09. The zero-order valence-corrected chi connectivity index (χ0v) is 17.7. The van der Waals surface area contributed by atoms with Gasteiger partial charge in [0.15, 0.2) is 0 Å². The summed E-state index contributed by atoms with van der Waals surface area (Å²) in [6, 6.07) is 10.7. The van der Waals surface area contributed by atoms with Crippen LogP contribution in [0.15, 0.2) is 36.4 Å². The molecular weight excluding hydrogens is 437 g/mol. The molecule has 0 aliphatic carbocycles. The number of pyridine rings is 1. The number of hydrogen-bond acceptors (Lipinski definition) is 7. The standard InChI is InChI=1S/C22H19ClFN5O3/c23-17-8-14-18-19(27-21(24)25-14)28-9-13-6-7-15(16(28)11-31-20(18)26-17)29(13)22(30)32-10-12-4-2-1-3-5-12/h1-5,8,13,15-16H,6-7,9-11H2/t13-,15+,16-/m1/s1. The number of carbonyl (C=O) groups is 1. The van der Waals surface area contributed by atoms with Crippen molar-refractivity contribution < 1.29 is 18.7 Å². The predicted molar refractivity (Wildman–Crippen MR) is 114 cm³/mol. The minimum atomic E-state index is -0.835. The average Bonchev–Trinajstić information content (AvgIpc) is 3.02. The van der Waals surface area contributed by atoms with E-state index in [1.54, 1.807) is 0 Å². The van der Waals surface area contributed by atoms with Crippen LogP contribution in [0.3, 0.4) is 0 Å². The van der Waals surface area contributed by atoms with Crippen LogP contribution >= 0.6 is 11.6 Å². The van der Waals surface area contributed by atoms with Gasteiger partial charge in [-0.3, -0.25) is 4.90 Å². The van der Waals surface area contributed by atoms with Crippen molar-refractivity contribution in [3.8, 4) is 5.88 Å². The molecule has 3 atom stereocenters. The molecule has 2 saturated heterocycles. The molecule has 0 spiro atoms. The zero-order valence-electron chi connectivity index (χ0n) is 16.9. The number of ether oxygens (including phenoxy) is 2. The monoisotopic (exact) mass is 455 g/mol. The molecule has 1 aromatic carbocycles. The van der Waals surface area contributed by atoms with Gasteiger partial charge in [-0.1, -0.05) is 41.9 Å². The van der Waals surface area contributed by atoms with Gasteiger partial charge < -0.3 is 14.4 Å². The van der Waals surface area contributed by atoms with Gasteiger partial charge in [0.05, 0.1) is 23.6 Å². The minimum Gasteiger partial charge on any atom is -0.475 e. The van der Waals surface area contributed by atoms with Crippen molar-refractivity contribution in [1.29, 1.82) is 0 Å². The zero-order chi connectivity index (χ0) is 21.8. The molecule has 2 aromatic heterocycles. The number of hydrogen-bond donors (Lipinski definition) is 0. The summed E-state index contributed by atoms with van der Waals surface area (Å²) in [6.07, 6.45) is 0.457. The molecule has 0 unspecified atom stereocenters. The van der Waals surface area contributed by atoms with E-state index in [4.69, 9.17) is 21.1 Å². The van der Waals surface area contributed by atoms with Crippen LogP contribution in [-0.4, -0.2) is 57.2 Å². The molecular formula is C22H19ClFN5O3. The Morgan fingerprint density at radius 2 is 2.03 bits per heavy atom. The molecule has 3 aliphatic rings. The molecule has 2 bridgehead atoms. The lowest BCUT2D eigenvalue weighted by Crippen LogP contribution is -2.63. The maximum absolute atomic E-state index is 14.3. The first-order valence-electron chi connectivity index (χ1n) is 10.5. The van der Waals surface area contributed by atoms with E-state index in [2.05, 4.69) is 15.0 Å². The number of aromatic nitrogens is 3. The topological polar surface area (TPSA) is 80.7 Å². The van der Waals surface area contributed by atoms with E-state index in [-0.39, 0.29) is 48.5 Å². The number of halogens is 2. The second-order valence-electron chi connectivity index (χ2n) is 8.24. The molecule has 3 aliphatic heterocycles. The highest BCUT2D eigenvalue weighted by Gasteiger charge is 2.51. The number of fused-ring (bicyclic) bond motifs is 5. The summed E-state index contributed by atoms with van der Waals surface area (Å²) < 4.78 is 25.9. The number of amides is 1. The van der Waals surface area contributed by atoms with E-state index in [0.29, 0.717) is 23.3 Å². The highest BCUT2D eigenvalue weighted by Crippen LogP contribution is 2.42. The maximum atomic E-state index is 14.3. The fourth-order valence-electron chi connectivity index (χ4n) is 5.08. The third-order valence-corrected chi connectivity index (χ3v) is 6.64. The van der Waals surface area contributed by atoms with Gasteiger partial charge in [-0.15, -0.1) is 0 Å². The Labute approximate surface area is 187 Å². The summed E-state index contributed by atoms with van der Waals surface area (Å²) in [7, 11) is 0. The van der Waals surface area contributed by atoms with Gasteiger partial charge in [-0.05, 0) is 18.4 Å². The lowest BCUT2D eigenvalue weighted by molar-refractivity contribution is 0.0582. The maximum Gasteiger partial charge on any atom is 0.410 e. The molecule has 1 amide bonds. The van der Waals surface area contributed by atoms with E-state index in [1.807, 2.05) is 40.1 Å². The number of carbonyl (C=O) groups excluding carboxylic acids is 1. The van der Waals surface area contributed by atoms with Crippen LogP contribution in [-0.2, 0) is 11.3 Å². The van der Waals surface area contributed by atoms with Crippen LogP contribution < -0.4 is 9.64 Å². The molecule has 32 heavy (non-hydrogen) atoms. The van der Waals surface area contributed by atoms with Crippen LogP contribution in [0, 0.1) is 6.08 Å². The molecule has 8 nitrogen and oxygen atoms in total. The average molecular weight is 456 g/mol. The molecule has 2 fully saturated rings. The van der Waals surface area contributed by atoms with Crippen molar-refractivity contribution in [3.05, 3.63) is 53.2 Å². The Kier molecular flexibility index (Phi) is 4.53. The molecule has 164 valence electrons. The fourth-order valence-corrected chi connectivity index (χ4v) is 5.26. The van der Waals surface area contributed by atoms with Crippen molar-refractivity contribution >= 4 is 34.4 Å². The Morgan fingerprint density at radius 3 is 2.88 bits per heavy atom. The number of benzene rings is 1. The Morgan fingerprint density at radius 1 is 1.19 bits per heavy atom. The number of anilines is 1. The summed E-state index contributed by atoms with van der Waals surface area (Å²) in [5.41, 5.74) is 1.28. The Bertz CT molecular complexity index is 1210. The second kappa shape index (κ2) is 7.44. The quantitative estimate of drug-likeness (QED) is 0.431. The summed E-state index contributed by atoms with van der Waals surface area (Å²) in [4.78, 5) is 29.1. The van der Waals surface area contributed by atoms with Gasteiger partial charge in [0.2, 0.25) is 5.88 Å². The first-order chi connectivity index (χ1) is 15.6. The van der Waals surface area contributed by atoms with Gasteiger partial charge >= 0.3 is 12.2 Å². The first kappa shape index (κ1) is 19.5. The highest BCUT2D eigenvalue weighted by molar-refractivity contribution is 6.30. The van der Waals surface area contributed by atoms with Crippen molar-refractivity contribution in [1.82, 2.24) is 19.9 Å². The van der Waals surface area contributed by atoms with Crippen LogP contribution in [0.2, 0.25) is 5.15 Å².